The van der Waals surface area contributed by atoms with Crippen LogP contribution >= 0.6 is 15.9 Å². The van der Waals surface area contributed by atoms with E-state index in [1.807, 2.05) is 18.2 Å². The smallest absolute Gasteiger partial charge is 0.291 e. The van der Waals surface area contributed by atoms with Crippen LogP contribution in [0.25, 0.3) is 0 Å². The van der Waals surface area contributed by atoms with Crippen molar-refractivity contribution in [2.75, 3.05) is 18.4 Å². The third-order valence-corrected chi connectivity index (χ3v) is 3.63. The monoisotopic (exact) mass is 308 g/mol. The number of hydrogen-bond acceptors (Lipinski definition) is 3. The Bertz CT molecular complexity index is 532. The molecular weight excluding hydrogens is 296 g/mol. The molecular formula is C13H13BrN2O2. The van der Waals surface area contributed by atoms with Gasteiger partial charge in [0.05, 0.1) is 5.69 Å². The number of anilines is 1. The van der Waals surface area contributed by atoms with E-state index >= 15 is 0 Å². The Morgan fingerprint density at radius 2 is 2.00 bits per heavy atom. The summed E-state index contributed by atoms with van der Waals surface area (Å²) >= 11 is 3.37. The van der Waals surface area contributed by atoms with Gasteiger partial charge in [-0.3, -0.25) is 4.79 Å². The molecule has 4 nitrogen and oxygen atoms in total. The molecule has 2 heterocycles. The predicted octanol–water partition coefficient (Wildman–Crippen LogP) is 2.42. The van der Waals surface area contributed by atoms with Gasteiger partial charge in [0.1, 0.15) is 0 Å². The SMILES string of the molecule is O=C1Nc2cc(Br)ccc2OC1=C1CCNCC1. The molecule has 0 aromatic heterocycles. The molecule has 0 radical (unpaired) electrons. The number of carbonyl (C=O) groups excluding carboxylic acids is 1. The number of benzene rings is 1. The van der Waals surface area contributed by atoms with Gasteiger partial charge in [0.2, 0.25) is 0 Å². The average Bonchev–Trinajstić information content (AvgIpc) is 2.39. The maximum atomic E-state index is 12.0. The molecule has 0 spiro atoms. The largest absolute Gasteiger partial charge is 0.449 e. The lowest BCUT2D eigenvalue weighted by atomic mass is 10.0. The average molecular weight is 309 g/mol. The highest BCUT2D eigenvalue weighted by atomic mass is 79.9. The van der Waals surface area contributed by atoms with Crippen LogP contribution in [-0.2, 0) is 4.79 Å². The molecule has 1 aromatic rings. The molecule has 0 saturated carbocycles. The van der Waals surface area contributed by atoms with Crippen molar-refractivity contribution in [2.45, 2.75) is 12.8 Å². The van der Waals surface area contributed by atoms with Crippen LogP contribution in [0, 0.1) is 0 Å². The van der Waals surface area contributed by atoms with Crippen molar-refractivity contribution in [1.82, 2.24) is 5.32 Å². The van der Waals surface area contributed by atoms with E-state index in [-0.39, 0.29) is 5.91 Å². The van der Waals surface area contributed by atoms with Crippen LogP contribution in [0.5, 0.6) is 5.75 Å². The van der Waals surface area contributed by atoms with Gasteiger partial charge >= 0.3 is 0 Å². The first-order valence-corrected chi connectivity index (χ1v) is 6.75. The zero-order valence-electron chi connectivity index (χ0n) is 9.75. The fourth-order valence-electron chi connectivity index (χ4n) is 2.21. The van der Waals surface area contributed by atoms with E-state index in [9.17, 15) is 4.79 Å². The maximum Gasteiger partial charge on any atom is 0.291 e. The summed E-state index contributed by atoms with van der Waals surface area (Å²) in [5.41, 5.74) is 1.81. The van der Waals surface area contributed by atoms with Crippen LogP contribution in [0.4, 0.5) is 5.69 Å². The summed E-state index contributed by atoms with van der Waals surface area (Å²) in [6.45, 7) is 1.81. The number of amides is 1. The van der Waals surface area contributed by atoms with Crippen molar-refractivity contribution >= 4 is 27.5 Å². The first kappa shape index (κ1) is 11.7. The molecule has 2 aliphatic heterocycles. The summed E-state index contributed by atoms with van der Waals surface area (Å²) in [5, 5.41) is 6.14. The maximum absolute atomic E-state index is 12.0. The van der Waals surface area contributed by atoms with Gasteiger partial charge < -0.3 is 15.4 Å². The van der Waals surface area contributed by atoms with Gasteiger partial charge in [-0.2, -0.15) is 0 Å². The minimum Gasteiger partial charge on any atom is -0.449 e. The van der Waals surface area contributed by atoms with Crippen LogP contribution in [0.1, 0.15) is 12.8 Å². The molecule has 5 heteroatoms. The van der Waals surface area contributed by atoms with Gasteiger partial charge in [0, 0.05) is 4.47 Å². The second kappa shape index (κ2) is 4.74. The Morgan fingerprint density at radius 1 is 1.22 bits per heavy atom. The van der Waals surface area contributed by atoms with Gasteiger partial charge in [0.25, 0.3) is 5.91 Å². The molecule has 1 amide bonds. The molecule has 3 rings (SSSR count). The van der Waals surface area contributed by atoms with E-state index in [1.165, 1.54) is 0 Å². The highest BCUT2D eigenvalue weighted by Gasteiger charge is 2.26. The zero-order valence-corrected chi connectivity index (χ0v) is 11.3. The molecule has 0 unspecified atom stereocenters. The first-order chi connectivity index (χ1) is 8.74. The molecule has 18 heavy (non-hydrogen) atoms. The first-order valence-electron chi connectivity index (χ1n) is 5.95. The van der Waals surface area contributed by atoms with Crippen LogP contribution in [0.15, 0.2) is 34.0 Å². The van der Waals surface area contributed by atoms with Gasteiger partial charge in [-0.05, 0) is 49.7 Å². The number of piperidine rings is 1. The summed E-state index contributed by atoms with van der Waals surface area (Å²) < 4.78 is 6.68. The molecule has 1 fully saturated rings. The fourth-order valence-corrected chi connectivity index (χ4v) is 2.57. The van der Waals surface area contributed by atoms with Gasteiger partial charge in [-0.15, -0.1) is 0 Å². The Balaban J connectivity index is 1.96. The molecule has 1 aromatic carbocycles. The Labute approximate surface area is 114 Å². The molecule has 1 saturated heterocycles. The number of fused-ring (bicyclic) bond motifs is 1. The molecule has 0 aliphatic carbocycles. The summed E-state index contributed by atoms with van der Waals surface area (Å²) in [7, 11) is 0. The standard InChI is InChI=1S/C13H13BrN2O2/c14-9-1-2-11-10(7-9)16-13(17)12(18-11)8-3-5-15-6-4-8/h1-2,7,15H,3-6H2,(H,16,17). The minimum atomic E-state index is -0.141. The Morgan fingerprint density at radius 3 is 2.78 bits per heavy atom. The fraction of sp³-hybridized carbons (Fsp3) is 0.308. The van der Waals surface area contributed by atoms with Crippen LogP contribution in [-0.4, -0.2) is 19.0 Å². The second-order valence-corrected chi connectivity index (χ2v) is 5.30. The summed E-state index contributed by atoms with van der Waals surface area (Å²) in [6.07, 6.45) is 1.74. The highest BCUT2D eigenvalue weighted by molar-refractivity contribution is 9.10. The third kappa shape index (κ3) is 2.15. The van der Waals surface area contributed by atoms with E-state index in [2.05, 4.69) is 26.6 Å². The van der Waals surface area contributed by atoms with Crippen LogP contribution in [0.3, 0.4) is 0 Å². The lowest BCUT2D eigenvalue weighted by Crippen LogP contribution is -2.30. The van der Waals surface area contributed by atoms with Gasteiger partial charge in [-0.1, -0.05) is 15.9 Å². The van der Waals surface area contributed by atoms with Crippen molar-refractivity contribution in [3.05, 3.63) is 34.0 Å². The van der Waals surface area contributed by atoms with Crippen LogP contribution < -0.4 is 15.4 Å². The number of hydrogen-bond donors (Lipinski definition) is 2. The summed E-state index contributed by atoms with van der Waals surface area (Å²) in [5.74, 6) is 1.04. The topological polar surface area (TPSA) is 50.4 Å². The molecule has 0 atom stereocenters. The molecule has 0 bridgehead atoms. The van der Waals surface area contributed by atoms with Crippen molar-refractivity contribution in [2.24, 2.45) is 0 Å². The summed E-state index contributed by atoms with van der Waals surface area (Å²) in [4.78, 5) is 12.0. The van der Waals surface area contributed by atoms with Crippen molar-refractivity contribution in [3.8, 4) is 5.75 Å². The predicted molar refractivity (Wildman–Crippen MR) is 72.5 cm³/mol. The Kier molecular flexibility index (Phi) is 3.09. The van der Waals surface area contributed by atoms with Crippen molar-refractivity contribution in [1.29, 1.82) is 0 Å². The highest BCUT2D eigenvalue weighted by Crippen LogP contribution is 2.34. The Hall–Kier alpha value is -1.33. The van der Waals surface area contributed by atoms with E-state index in [0.717, 1.165) is 36.0 Å². The zero-order chi connectivity index (χ0) is 12.5. The van der Waals surface area contributed by atoms with Gasteiger partial charge in [-0.25, -0.2) is 0 Å². The number of ether oxygens (including phenoxy) is 1. The lowest BCUT2D eigenvalue weighted by molar-refractivity contribution is -0.115. The lowest BCUT2D eigenvalue weighted by Gasteiger charge is -2.24. The quantitative estimate of drug-likeness (QED) is 0.724. The third-order valence-electron chi connectivity index (χ3n) is 3.14. The van der Waals surface area contributed by atoms with Crippen molar-refractivity contribution < 1.29 is 9.53 Å². The van der Waals surface area contributed by atoms with Gasteiger partial charge in [0.15, 0.2) is 11.5 Å². The van der Waals surface area contributed by atoms with Crippen LogP contribution in [0.2, 0.25) is 0 Å². The number of carbonyl (C=O) groups is 1. The molecule has 2 N–H and O–H groups in total. The normalized spacial score (nSPS) is 19.1. The molecule has 2 aliphatic rings. The number of rotatable bonds is 0. The molecule has 94 valence electrons. The van der Waals surface area contributed by atoms with Crippen molar-refractivity contribution in [3.63, 3.8) is 0 Å². The van der Waals surface area contributed by atoms with E-state index < -0.39 is 0 Å². The van der Waals surface area contributed by atoms with E-state index in [0.29, 0.717) is 17.2 Å². The van der Waals surface area contributed by atoms with E-state index in [4.69, 9.17) is 4.74 Å². The number of nitrogens with one attached hydrogen (secondary N) is 2. The minimum absolute atomic E-state index is 0.141. The summed E-state index contributed by atoms with van der Waals surface area (Å²) in [6, 6.07) is 5.61. The number of halogens is 1. The second-order valence-electron chi connectivity index (χ2n) is 4.38. The van der Waals surface area contributed by atoms with E-state index in [1.54, 1.807) is 0 Å².